The third-order valence-corrected chi connectivity index (χ3v) is 5.78. The monoisotopic (exact) mass is 475 g/mol. The number of ether oxygens (including phenoxy) is 2. The first kappa shape index (κ1) is 24.4. The number of aromatic nitrogens is 3. The molecular formula is C27H29N3O5. The second kappa shape index (κ2) is 10.7. The van der Waals surface area contributed by atoms with E-state index in [1.54, 1.807) is 23.9 Å². The SMILES string of the molecule is COCCOc1cccc(Cn2cc(-c3noc(-c4ccc(C(C)(C)CO)cc4)n3)ccc2=O)c1. The molecule has 4 rings (SSSR count). The summed E-state index contributed by atoms with van der Waals surface area (Å²) in [5, 5.41) is 13.7. The highest BCUT2D eigenvalue weighted by Gasteiger charge is 2.20. The summed E-state index contributed by atoms with van der Waals surface area (Å²) in [4.78, 5) is 17.0. The Morgan fingerprint density at radius 1 is 1.03 bits per heavy atom. The molecule has 4 aromatic rings. The number of aliphatic hydroxyl groups excluding tert-OH is 1. The van der Waals surface area contributed by atoms with Crippen LogP contribution in [0.2, 0.25) is 0 Å². The predicted octanol–water partition coefficient (Wildman–Crippen LogP) is 3.91. The normalized spacial score (nSPS) is 11.5. The minimum atomic E-state index is -0.332. The minimum absolute atomic E-state index is 0.0535. The second-order valence-corrected chi connectivity index (χ2v) is 8.92. The van der Waals surface area contributed by atoms with Crippen molar-refractivity contribution in [2.45, 2.75) is 25.8 Å². The summed E-state index contributed by atoms with van der Waals surface area (Å²) in [7, 11) is 1.63. The van der Waals surface area contributed by atoms with E-state index < -0.39 is 0 Å². The van der Waals surface area contributed by atoms with E-state index in [2.05, 4.69) is 10.1 Å². The van der Waals surface area contributed by atoms with E-state index in [4.69, 9.17) is 14.0 Å². The summed E-state index contributed by atoms with van der Waals surface area (Å²) in [6, 6.07) is 18.5. The molecule has 8 nitrogen and oxygen atoms in total. The van der Waals surface area contributed by atoms with Crippen molar-refractivity contribution in [1.29, 1.82) is 0 Å². The van der Waals surface area contributed by atoms with Gasteiger partial charge in [0.2, 0.25) is 5.82 Å². The summed E-state index contributed by atoms with van der Waals surface area (Å²) in [5.74, 6) is 1.50. The van der Waals surface area contributed by atoms with E-state index in [-0.39, 0.29) is 17.6 Å². The van der Waals surface area contributed by atoms with Gasteiger partial charge < -0.3 is 23.7 Å². The highest BCUT2D eigenvalue weighted by Crippen LogP contribution is 2.27. The lowest BCUT2D eigenvalue weighted by atomic mass is 9.85. The van der Waals surface area contributed by atoms with Crippen LogP contribution in [0.5, 0.6) is 5.75 Å². The minimum Gasteiger partial charge on any atom is -0.491 e. The molecular weight excluding hydrogens is 446 g/mol. The molecule has 0 aliphatic rings. The van der Waals surface area contributed by atoms with Gasteiger partial charge in [0.25, 0.3) is 11.4 Å². The lowest BCUT2D eigenvalue weighted by Crippen LogP contribution is -2.21. The van der Waals surface area contributed by atoms with Gasteiger partial charge in [-0.2, -0.15) is 4.98 Å². The average molecular weight is 476 g/mol. The number of hydrogen-bond acceptors (Lipinski definition) is 7. The van der Waals surface area contributed by atoms with Crippen molar-refractivity contribution in [2.75, 3.05) is 26.9 Å². The van der Waals surface area contributed by atoms with Crippen molar-refractivity contribution in [3.8, 4) is 28.6 Å². The summed E-state index contributed by atoms with van der Waals surface area (Å²) in [6.07, 6.45) is 1.72. The molecule has 2 aromatic carbocycles. The highest BCUT2D eigenvalue weighted by atomic mass is 16.5. The Kier molecular flexibility index (Phi) is 7.43. The number of aliphatic hydroxyl groups is 1. The third-order valence-electron chi connectivity index (χ3n) is 5.78. The maximum atomic E-state index is 12.5. The van der Waals surface area contributed by atoms with Crippen LogP contribution in [0.3, 0.4) is 0 Å². The Morgan fingerprint density at radius 2 is 1.80 bits per heavy atom. The summed E-state index contributed by atoms with van der Waals surface area (Å²) < 4.78 is 17.8. The van der Waals surface area contributed by atoms with Crippen molar-refractivity contribution in [3.63, 3.8) is 0 Å². The van der Waals surface area contributed by atoms with Gasteiger partial charge in [-0.3, -0.25) is 4.79 Å². The van der Waals surface area contributed by atoms with E-state index in [0.717, 1.165) is 22.4 Å². The van der Waals surface area contributed by atoms with Crippen LogP contribution in [0.1, 0.15) is 25.0 Å². The first-order chi connectivity index (χ1) is 16.9. The molecule has 0 aliphatic carbocycles. The van der Waals surface area contributed by atoms with E-state index in [1.165, 1.54) is 6.07 Å². The van der Waals surface area contributed by atoms with Crippen LogP contribution in [0.25, 0.3) is 22.8 Å². The van der Waals surface area contributed by atoms with Crippen LogP contribution in [-0.2, 0) is 16.7 Å². The van der Waals surface area contributed by atoms with Crippen LogP contribution >= 0.6 is 0 Å². The van der Waals surface area contributed by atoms with Gasteiger partial charge in [0, 0.05) is 35.9 Å². The number of benzene rings is 2. The molecule has 35 heavy (non-hydrogen) atoms. The molecule has 0 aliphatic heterocycles. The molecule has 0 fully saturated rings. The van der Waals surface area contributed by atoms with Crippen LogP contribution in [0.15, 0.2) is 76.2 Å². The molecule has 2 aromatic heterocycles. The first-order valence-electron chi connectivity index (χ1n) is 11.4. The fourth-order valence-electron chi connectivity index (χ4n) is 3.57. The van der Waals surface area contributed by atoms with Gasteiger partial charge in [-0.25, -0.2) is 0 Å². The summed E-state index contributed by atoms with van der Waals surface area (Å²) in [5.41, 5.74) is 2.93. The quantitative estimate of drug-likeness (QED) is 0.347. The number of hydrogen-bond donors (Lipinski definition) is 1. The Bertz CT molecular complexity index is 1330. The fourth-order valence-corrected chi connectivity index (χ4v) is 3.57. The molecule has 0 bridgehead atoms. The molecule has 1 N–H and O–H groups in total. The predicted molar refractivity (Wildman–Crippen MR) is 132 cm³/mol. The van der Waals surface area contributed by atoms with Gasteiger partial charge in [-0.05, 0) is 41.5 Å². The summed E-state index contributed by atoms with van der Waals surface area (Å²) >= 11 is 0. The molecule has 0 atom stereocenters. The van der Waals surface area contributed by atoms with Gasteiger partial charge in [0.05, 0.1) is 19.8 Å². The molecule has 0 saturated heterocycles. The maximum Gasteiger partial charge on any atom is 0.258 e. The largest absolute Gasteiger partial charge is 0.491 e. The van der Waals surface area contributed by atoms with Crippen LogP contribution in [0, 0.1) is 0 Å². The van der Waals surface area contributed by atoms with Crippen LogP contribution in [0.4, 0.5) is 0 Å². The smallest absolute Gasteiger partial charge is 0.258 e. The Labute approximate surface area is 203 Å². The summed E-state index contributed by atoms with van der Waals surface area (Å²) in [6.45, 7) is 5.35. The van der Waals surface area contributed by atoms with Crippen LogP contribution < -0.4 is 10.3 Å². The van der Waals surface area contributed by atoms with E-state index in [9.17, 15) is 9.90 Å². The average Bonchev–Trinajstić information content (AvgIpc) is 3.36. The first-order valence-corrected chi connectivity index (χ1v) is 11.4. The van der Waals surface area contributed by atoms with Crippen molar-refractivity contribution >= 4 is 0 Å². The van der Waals surface area contributed by atoms with Crippen molar-refractivity contribution < 1.29 is 19.1 Å². The van der Waals surface area contributed by atoms with Gasteiger partial charge in [0.15, 0.2) is 0 Å². The fraction of sp³-hybridized carbons (Fsp3) is 0.296. The lowest BCUT2D eigenvalue weighted by Gasteiger charge is -2.22. The van der Waals surface area contributed by atoms with Gasteiger partial charge in [-0.15, -0.1) is 0 Å². The van der Waals surface area contributed by atoms with Crippen molar-refractivity contribution in [2.24, 2.45) is 0 Å². The topological polar surface area (TPSA) is 99.6 Å². The molecule has 0 radical (unpaired) electrons. The highest BCUT2D eigenvalue weighted by molar-refractivity contribution is 5.59. The van der Waals surface area contributed by atoms with Gasteiger partial charge in [0.1, 0.15) is 12.4 Å². The molecule has 0 amide bonds. The molecule has 0 unspecified atom stereocenters. The van der Waals surface area contributed by atoms with E-state index >= 15 is 0 Å². The Balaban J connectivity index is 1.53. The Morgan fingerprint density at radius 3 is 2.54 bits per heavy atom. The molecule has 2 heterocycles. The standard InChI is InChI=1S/C27H29N3O5/c1-27(2,18-31)22-10-7-20(8-11-22)26-28-25(29-35-26)21-9-12-24(32)30(17-21)16-19-5-4-6-23(15-19)34-14-13-33-3/h4-12,15,17,31H,13-14,16,18H2,1-3H3. The molecule has 0 spiro atoms. The van der Waals surface area contributed by atoms with Crippen molar-refractivity contribution in [3.05, 3.63) is 88.3 Å². The van der Waals surface area contributed by atoms with Gasteiger partial charge in [-0.1, -0.05) is 43.3 Å². The number of rotatable bonds is 10. The number of pyridine rings is 1. The molecule has 0 saturated carbocycles. The van der Waals surface area contributed by atoms with E-state index in [0.29, 0.717) is 37.0 Å². The molecule has 8 heteroatoms. The van der Waals surface area contributed by atoms with E-state index in [1.807, 2.05) is 62.4 Å². The number of nitrogens with zero attached hydrogens (tertiary/aromatic N) is 3. The zero-order chi connectivity index (χ0) is 24.8. The zero-order valence-electron chi connectivity index (χ0n) is 20.1. The lowest BCUT2D eigenvalue weighted by molar-refractivity contribution is 0.146. The van der Waals surface area contributed by atoms with Crippen LogP contribution in [-0.4, -0.2) is 46.7 Å². The van der Waals surface area contributed by atoms with Crippen molar-refractivity contribution in [1.82, 2.24) is 14.7 Å². The maximum absolute atomic E-state index is 12.5. The number of methoxy groups -OCH3 is 1. The Hall–Kier alpha value is -3.75. The second-order valence-electron chi connectivity index (χ2n) is 8.92. The molecule has 182 valence electrons. The zero-order valence-corrected chi connectivity index (χ0v) is 20.1. The third kappa shape index (κ3) is 5.85. The van der Waals surface area contributed by atoms with Gasteiger partial charge >= 0.3 is 0 Å².